The number of carbonyl (C=O) groups excluding carboxylic acids is 1. The van der Waals surface area contributed by atoms with Crippen molar-refractivity contribution < 1.29 is 4.79 Å². The Morgan fingerprint density at radius 1 is 1.30 bits per heavy atom. The van der Waals surface area contributed by atoms with Gasteiger partial charge >= 0.3 is 0 Å². The Hall–Kier alpha value is -1.57. The summed E-state index contributed by atoms with van der Waals surface area (Å²) < 4.78 is 2.01. The number of rotatable bonds is 7. The molecule has 1 aromatic carbocycles. The highest BCUT2D eigenvalue weighted by molar-refractivity contribution is 7.99. The SMILES string of the molecule is CC(c1nnc(SCC(=O)NC2CCCC2)n1-c1ccc(Cl)cc1)N(C)C. The molecule has 1 unspecified atom stereocenters. The predicted molar refractivity (Wildman–Crippen MR) is 110 cm³/mol. The molecule has 0 spiro atoms. The summed E-state index contributed by atoms with van der Waals surface area (Å²) in [7, 11) is 4.01. The molecular formula is C19H26ClN5OS. The lowest BCUT2D eigenvalue weighted by atomic mass is 10.2. The normalized spacial score (nSPS) is 16.0. The Bertz CT molecular complexity index is 771. The van der Waals surface area contributed by atoms with Crippen LogP contribution in [0.1, 0.15) is 44.5 Å². The van der Waals surface area contributed by atoms with Crippen LogP contribution in [0.15, 0.2) is 29.4 Å². The van der Waals surface area contributed by atoms with E-state index in [1.807, 2.05) is 42.9 Å². The zero-order valence-electron chi connectivity index (χ0n) is 16.0. The molecule has 27 heavy (non-hydrogen) atoms. The third-order valence-corrected chi connectivity index (χ3v) is 6.13. The van der Waals surface area contributed by atoms with Crippen LogP contribution in [0.5, 0.6) is 0 Å². The van der Waals surface area contributed by atoms with Crippen molar-refractivity contribution in [1.82, 2.24) is 25.0 Å². The third-order valence-electron chi connectivity index (χ3n) is 4.94. The van der Waals surface area contributed by atoms with Gasteiger partial charge in [0, 0.05) is 16.8 Å². The monoisotopic (exact) mass is 407 g/mol. The van der Waals surface area contributed by atoms with E-state index in [0.29, 0.717) is 22.0 Å². The van der Waals surface area contributed by atoms with Gasteiger partial charge < -0.3 is 5.32 Å². The van der Waals surface area contributed by atoms with Crippen LogP contribution in [0.4, 0.5) is 0 Å². The lowest BCUT2D eigenvalue weighted by Gasteiger charge is -2.20. The van der Waals surface area contributed by atoms with Crippen LogP contribution in [-0.4, -0.2) is 51.5 Å². The maximum Gasteiger partial charge on any atom is 0.230 e. The molecule has 0 aliphatic heterocycles. The second kappa shape index (κ2) is 9.08. The predicted octanol–water partition coefficient (Wildman–Crippen LogP) is 3.69. The van der Waals surface area contributed by atoms with Crippen molar-refractivity contribution >= 4 is 29.3 Å². The summed E-state index contributed by atoms with van der Waals surface area (Å²) >= 11 is 7.46. The molecule has 6 nitrogen and oxygen atoms in total. The van der Waals surface area contributed by atoms with Crippen LogP contribution in [-0.2, 0) is 4.79 Å². The average Bonchev–Trinajstić information content (AvgIpc) is 3.29. The number of nitrogens with zero attached hydrogens (tertiary/aromatic N) is 4. The van der Waals surface area contributed by atoms with E-state index in [-0.39, 0.29) is 11.9 Å². The van der Waals surface area contributed by atoms with Crippen molar-refractivity contribution in [2.24, 2.45) is 0 Å². The van der Waals surface area contributed by atoms with Gasteiger partial charge in [0.15, 0.2) is 11.0 Å². The zero-order chi connectivity index (χ0) is 19.4. The molecule has 1 aliphatic rings. The molecule has 1 N–H and O–H groups in total. The van der Waals surface area contributed by atoms with Gasteiger partial charge in [0.2, 0.25) is 5.91 Å². The summed E-state index contributed by atoms with van der Waals surface area (Å²) in [4.78, 5) is 14.4. The number of thioether (sulfide) groups is 1. The van der Waals surface area contributed by atoms with Crippen LogP contribution in [0.2, 0.25) is 5.02 Å². The summed E-state index contributed by atoms with van der Waals surface area (Å²) in [6.45, 7) is 2.08. The molecule has 0 radical (unpaired) electrons. The fourth-order valence-electron chi connectivity index (χ4n) is 3.18. The van der Waals surface area contributed by atoms with E-state index in [1.165, 1.54) is 24.6 Å². The minimum Gasteiger partial charge on any atom is -0.353 e. The topological polar surface area (TPSA) is 63.1 Å². The molecule has 2 aromatic rings. The summed E-state index contributed by atoms with van der Waals surface area (Å²) in [5, 5.41) is 13.3. The van der Waals surface area contributed by atoms with Crippen LogP contribution < -0.4 is 5.32 Å². The third kappa shape index (κ3) is 5.03. The van der Waals surface area contributed by atoms with E-state index in [0.717, 1.165) is 24.4 Å². The van der Waals surface area contributed by atoms with Crippen LogP contribution in [0, 0.1) is 0 Å². The minimum atomic E-state index is 0.0553. The van der Waals surface area contributed by atoms with Gasteiger partial charge in [0.1, 0.15) is 0 Å². The zero-order valence-corrected chi connectivity index (χ0v) is 17.6. The number of halogens is 1. The molecule has 1 aliphatic carbocycles. The van der Waals surface area contributed by atoms with Gasteiger partial charge in [0.25, 0.3) is 0 Å². The molecule has 3 rings (SSSR count). The first kappa shape index (κ1) is 20.2. The van der Waals surface area contributed by atoms with Crippen molar-refractivity contribution in [2.45, 2.75) is 49.8 Å². The Morgan fingerprint density at radius 2 is 1.96 bits per heavy atom. The van der Waals surface area contributed by atoms with Crippen molar-refractivity contribution in [3.05, 3.63) is 35.1 Å². The highest BCUT2D eigenvalue weighted by Crippen LogP contribution is 2.27. The van der Waals surface area contributed by atoms with E-state index in [2.05, 4.69) is 27.3 Å². The van der Waals surface area contributed by atoms with E-state index >= 15 is 0 Å². The molecule has 1 amide bonds. The number of benzene rings is 1. The van der Waals surface area contributed by atoms with Gasteiger partial charge in [-0.15, -0.1) is 10.2 Å². The smallest absolute Gasteiger partial charge is 0.230 e. The van der Waals surface area contributed by atoms with Crippen molar-refractivity contribution in [3.8, 4) is 5.69 Å². The first-order valence-corrected chi connectivity index (χ1v) is 10.6. The molecule has 1 heterocycles. The highest BCUT2D eigenvalue weighted by Gasteiger charge is 2.22. The molecule has 1 aromatic heterocycles. The Labute approximate surface area is 169 Å². The number of carbonyl (C=O) groups is 1. The summed E-state index contributed by atoms with van der Waals surface area (Å²) in [5.74, 6) is 1.22. The largest absolute Gasteiger partial charge is 0.353 e. The molecule has 1 saturated carbocycles. The summed E-state index contributed by atoms with van der Waals surface area (Å²) in [6, 6.07) is 8.00. The first-order chi connectivity index (χ1) is 13.0. The molecule has 146 valence electrons. The number of amides is 1. The maximum atomic E-state index is 12.3. The number of nitrogens with one attached hydrogen (secondary N) is 1. The quantitative estimate of drug-likeness (QED) is 0.709. The highest BCUT2D eigenvalue weighted by atomic mass is 35.5. The van der Waals surface area contributed by atoms with Gasteiger partial charge in [-0.25, -0.2) is 0 Å². The first-order valence-electron chi connectivity index (χ1n) is 9.25. The second-order valence-electron chi connectivity index (χ2n) is 7.13. The Balaban J connectivity index is 1.79. The van der Waals surface area contributed by atoms with E-state index in [1.54, 1.807) is 0 Å². The fraction of sp³-hybridized carbons (Fsp3) is 0.526. The van der Waals surface area contributed by atoms with Crippen LogP contribution in [0.25, 0.3) is 5.69 Å². The average molecular weight is 408 g/mol. The van der Waals surface area contributed by atoms with Crippen LogP contribution in [0.3, 0.4) is 0 Å². The summed E-state index contributed by atoms with van der Waals surface area (Å²) in [6.07, 6.45) is 4.58. The molecule has 1 fully saturated rings. The molecule has 0 saturated heterocycles. The van der Waals surface area contributed by atoms with Gasteiger partial charge in [-0.05, 0) is 58.1 Å². The van der Waals surface area contributed by atoms with Gasteiger partial charge in [0.05, 0.1) is 11.8 Å². The van der Waals surface area contributed by atoms with Gasteiger partial charge in [-0.2, -0.15) is 0 Å². The van der Waals surface area contributed by atoms with Crippen LogP contribution >= 0.6 is 23.4 Å². The van der Waals surface area contributed by atoms with Gasteiger partial charge in [-0.1, -0.05) is 36.2 Å². The number of hydrogen-bond donors (Lipinski definition) is 1. The Kier molecular flexibility index (Phi) is 6.78. The summed E-state index contributed by atoms with van der Waals surface area (Å²) in [5.41, 5.74) is 0.937. The van der Waals surface area contributed by atoms with E-state index < -0.39 is 0 Å². The maximum absolute atomic E-state index is 12.3. The van der Waals surface area contributed by atoms with Crippen molar-refractivity contribution in [2.75, 3.05) is 19.8 Å². The van der Waals surface area contributed by atoms with Gasteiger partial charge in [-0.3, -0.25) is 14.3 Å². The van der Waals surface area contributed by atoms with E-state index in [9.17, 15) is 4.79 Å². The van der Waals surface area contributed by atoms with E-state index in [4.69, 9.17) is 11.6 Å². The fourth-order valence-corrected chi connectivity index (χ4v) is 4.07. The standard InChI is InChI=1S/C19H26ClN5OS/c1-13(24(2)3)18-22-23-19(25(18)16-10-8-14(20)9-11-16)27-12-17(26)21-15-6-4-5-7-15/h8-11,13,15H,4-7,12H2,1-3H3,(H,21,26). The second-order valence-corrected chi connectivity index (χ2v) is 8.51. The molecular weight excluding hydrogens is 382 g/mol. The molecule has 1 atom stereocenters. The minimum absolute atomic E-state index is 0.0553. The lowest BCUT2D eigenvalue weighted by Crippen LogP contribution is -2.33. The molecule has 0 bridgehead atoms. The number of hydrogen-bond acceptors (Lipinski definition) is 5. The Morgan fingerprint density at radius 3 is 2.59 bits per heavy atom. The molecule has 8 heteroatoms. The van der Waals surface area contributed by atoms with Crippen molar-refractivity contribution in [3.63, 3.8) is 0 Å². The lowest BCUT2D eigenvalue weighted by molar-refractivity contribution is -0.119. The van der Waals surface area contributed by atoms with Crippen molar-refractivity contribution in [1.29, 1.82) is 0 Å². The number of aromatic nitrogens is 3.